The van der Waals surface area contributed by atoms with Gasteiger partial charge in [-0.25, -0.2) is 13.8 Å². The third-order valence-electron chi connectivity index (χ3n) is 10.6. The van der Waals surface area contributed by atoms with Crippen molar-refractivity contribution in [2.75, 3.05) is 9.80 Å². The molecule has 8 aromatic rings. The second-order valence-corrected chi connectivity index (χ2v) is 16.8. The molecule has 0 unspecified atom stereocenters. The number of nitrogens with zero attached hydrogens (tertiary/aromatic N) is 4. The van der Waals surface area contributed by atoms with E-state index in [0.717, 1.165) is 57.2 Å². The van der Waals surface area contributed by atoms with Crippen molar-refractivity contribution in [1.82, 2.24) is 9.55 Å². The first-order valence-corrected chi connectivity index (χ1v) is 19.2. The Balaban J connectivity index is 0.00000529. The number of pyridine rings is 1. The van der Waals surface area contributed by atoms with Gasteiger partial charge in [0.15, 0.2) is 0 Å². The summed E-state index contributed by atoms with van der Waals surface area (Å²) in [5.41, 5.74) is 7.82. The maximum atomic E-state index is 14.3. The minimum absolute atomic E-state index is 0. The first-order chi connectivity index (χ1) is 28.9. The van der Waals surface area contributed by atoms with Gasteiger partial charge in [-0.1, -0.05) is 83.5 Å². The molecule has 6 aromatic carbocycles. The normalized spacial score (nSPS) is 13.9. The van der Waals surface area contributed by atoms with Crippen LogP contribution in [0.25, 0.3) is 38.8 Å². The summed E-state index contributed by atoms with van der Waals surface area (Å²) in [5, 5.41) is 1.75. The Kier molecular flexibility index (Phi) is 9.30. The van der Waals surface area contributed by atoms with Gasteiger partial charge in [0, 0.05) is 77.1 Å². The fourth-order valence-electron chi connectivity index (χ4n) is 7.56. The number of aromatic nitrogens is 2. The van der Waals surface area contributed by atoms with Crippen LogP contribution in [0, 0.1) is 37.3 Å². The minimum Gasteiger partial charge on any atom is -0.509 e. The molecule has 5 nitrogen and oxygen atoms in total. The van der Waals surface area contributed by atoms with Crippen molar-refractivity contribution in [3.05, 3.63) is 175 Å². The zero-order chi connectivity index (χ0) is 43.0. The van der Waals surface area contributed by atoms with Gasteiger partial charge in [-0.15, -0.1) is 48.1 Å². The van der Waals surface area contributed by atoms with Crippen LogP contribution >= 0.6 is 0 Å². The first-order valence-electron chi connectivity index (χ1n) is 20.7. The molecule has 0 bridgehead atoms. The van der Waals surface area contributed by atoms with Crippen LogP contribution in [0.15, 0.2) is 128 Å². The van der Waals surface area contributed by atoms with Crippen LogP contribution < -0.4 is 14.5 Å². The average Bonchev–Trinajstić information content (AvgIpc) is 3.75. The molecule has 8 heteroatoms. The van der Waals surface area contributed by atoms with Crippen molar-refractivity contribution in [1.29, 1.82) is 0 Å². The smallest absolute Gasteiger partial charge is 0.135 e. The van der Waals surface area contributed by atoms with Gasteiger partial charge in [0.05, 0.1) is 0 Å². The summed E-state index contributed by atoms with van der Waals surface area (Å²) in [6, 6.07) is 43.8. The van der Waals surface area contributed by atoms with Gasteiger partial charge in [0.1, 0.15) is 17.5 Å². The zero-order valence-corrected chi connectivity index (χ0v) is 35.7. The molecule has 0 atom stereocenters. The molecule has 0 spiro atoms. The van der Waals surface area contributed by atoms with Gasteiger partial charge in [0.25, 0.3) is 0 Å². The van der Waals surface area contributed by atoms with Gasteiger partial charge >= 0.3 is 0 Å². The molecule has 0 N–H and O–H groups in total. The molecule has 59 heavy (non-hydrogen) atoms. The quantitative estimate of drug-likeness (QED) is 0.156. The summed E-state index contributed by atoms with van der Waals surface area (Å²) in [5.74, 6) is -0.446. The fraction of sp³-hybridized carbons (Fsp3) is 0.176. The molecular weight excluding hydrogens is 918 g/mol. The molecule has 0 amide bonds. The molecule has 0 saturated carbocycles. The Morgan fingerprint density at radius 1 is 0.678 bits per heavy atom. The van der Waals surface area contributed by atoms with E-state index in [0.29, 0.717) is 22.8 Å². The van der Waals surface area contributed by atoms with Crippen LogP contribution in [0.2, 0.25) is 0 Å². The topological polar surface area (TPSA) is 33.5 Å². The minimum atomic E-state index is -2.62. The molecule has 9 rings (SSSR count). The average molecular weight is 964 g/mol. The van der Waals surface area contributed by atoms with Crippen LogP contribution in [-0.2, 0) is 31.9 Å². The second kappa shape index (κ2) is 15.1. The predicted octanol–water partition coefficient (Wildman–Crippen LogP) is 13.8. The molecule has 0 aliphatic carbocycles. The largest absolute Gasteiger partial charge is 0.509 e. The summed E-state index contributed by atoms with van der Waals surface area (Å²) in [6.45, 7) is 12.9. The molecular formula is C51H43F2N4OPt-3. The Morgan fingerprint density at radius 3 is 2.03 bits per heavy atom. The third kappa shape index (κ3) is 7.53. The molecule has 0 fully saturated rings. The van der Waals surface area contributed by atoms with Crippen molar-refractivity contribution in [3.8, 4) is 28.4 Å². The SMILES string of the molecule is [2H]C([2H])([2H])c1cc(-n2c3[c-]c(Oc4[c-]c(N5[CH-]N(c6cc(C(C)(C)C)cc(C(C)(C)C)c6)c6ccccc65)ccc4)ccc3c3ccccc32)ncc1-c1cc(F)cc(F)c1.[Pt]. The number of halogens is 2. The number of ether oxygens (including phenoxy) is 1. The monoisotopic (exact) mass is 963 g/mol. The Morgan fingerprint density at radius 2 is 1.34 bits per heavy atom. The van der Waals surface area contributed by atoms with Crippen molar-refractivity contribution >= 4 is 44.6 Å². The number of para-hydroxylation sites is 3. The van der Waals surface area contributed by atoms with E-state index >= 15 is 0 Å². The molecule has 1 aliphatic heterocycles. The molecule has 2 aromatic heterocycles. The van der Waals surface area contributed by atoms with Gasteiger partial charge < -0.3 is 19.1 Å². The molecule has 1 aliphatic rings. The number of rotatable bonds is 6. The zero-order valence-electron chi connectivity index (χ0n) is 36.5. The fourth-order valence-corrected chi connectivity index (χ4v) is 7.56. The predicted molar refractivity (Wildman–Crippen MR) is 232 cm³/mol. The summed E-state index contributed by atoms with van der Waals surface area (Å²) >= 11 is 0. The molecule has 3 heterocycles. The first kappa shape index (κ1) is 36.3. The van der Waals surface area contributed by atoms with Crippen molar-refractivity contribution in [2.45, 2.75) is 59.2 Å². The van der Waals surface area contributed by atoms with E-state index in [4.69, 9.17) is 8.85 Å². The maximum absolute atomic E-state index is 14.3. The maximum Gasteiger partial charge on any atom is 0.135 e. The van der Waals surface area contributed by atoms with E-state index < -0.39 is 18.5 Å². The number of benzene rings is 6. The van der Waals surface area contributed by atoms with E-state index in [2.05, 4.69) is 112 Å². The Bertz CT molecular complexity index is 2950. The van der Waals surface area contributed by atoms with Gasteiger partial charge in [-0.2, -0.15) is 12.1 Å². The van der Waals surface area contributed by atoms with E-state index in [1.807, 2.05) is 65.2 Å². The van der Waals surface area contributed by atoms with Crippen molar-refractivity contribution in [2.24, 2.45) is 0 Å². The van der Waals surface area contributed by atoms with E-state index in [1.165, 1.54) is 23.4 Å². The van der Waals surface area contributed by atoms with Crippen LogP contribution in [0.4, 0.5) is 31.5 Å². The van der Waals surface area contributed by atoms with Gasteiger partial charge in [-0.3, -0.25) is 0 Å². The van der Waals surface area contributed by atoms with Gasteiger partial charge in [0.2, 0.25) is 0 Å². The third-order valence-corrected chi connectivity index (χ3v) is 10.6. The summed E-state index contributed by atoms with van der Waals surface area (Å²) < 4.78 is 62.0. The van der Waals surface area contributed by atoms with Crippen molar-refractivity contribution < 1.29 is 38.7 Å². The number of anilines is 4. The van der Waals surface area contributed by atoms with E-state index in [-0.39, 0.29) is 48.6 Å². The molecule has 0 radical (unpaired) electrons. The van der Waals surface area contributed by atoms with Gasteiger partial charge in [-0.05, 0) is 93.9 Å². The Labute approximate surface area is 363 Å². The number of fused-ring (bicyclic) bond motifs is 4. The summed E-state index contributed by atoms with van der Waals surface area (Å²) in [4.78, 5) is 9.02. The number of hydrogen-bond acceptors (Lipinski definition) is 4. The standard InChI is InChI=1S/C51H43F2N4O.Pt/c1-32-21-49(54-30-44(32)33-22-36(52)27-37(53)23-33)57-45-16-9-8-15-42(45)43-20-19-41(29-48(43)57)58-40-14-12-13-38(28-40)55-31-56(47-18-11-10-17-46(47)55)39-25-34(50(2,3)4)24-35(26-39)51(5,6)7;/h8-27,30-31H,1-7H3;/q-3;/i1D3;. The summed E-state index contributed by atoms with van der Waals surface area (Å²) in [6.07, 6.45) is 1.35. The van der Waals surface area contributed by atoms with E-state index in [9.17, 15) is 8.78 Å². The summed E-state index contributed by atoms with van der Waals surface area (Å²) in [7, 11) is 0. The van der Waals surface area contributed by atoms with Crippen LogP contribution in [-0.4, -0.2) is 9.55 Å². The van der Waals surface area contributed by atoms with Crippen molar-refractivity contribution in [3.63, 3.8) is 0 Å². The molecule has 300 valence electrons. The van der Waals surface area contributed by atoms with Crippen LogP contribution in [0.5, 0.6) is 11.5 Å². The van der Waals surface area contributed by atoms with Crippen LogP contribution in [0.3, 0.4) is 0 Å². The van der Waals surface area contributed by atoms with E-state index in [1.54, 1.807) is 0 Å². The molecule has 0 saturated heterocycles. The second-order valence-electron chi connectivity index (χ2n) is 16.8. The number of aryl methyl sites for hydroxylation is 1. The van der Waals surface area contributed by atoms with Crippen LogP contribution in [0.1, 0.15) is 62.3 Å². The Hall–Kier alpha value is -5.78. The number of hydrogen-bond donors (Lipinski definition) is 0.